The van der Waals surface area contributed by atoms with Gasteiger partial charge in [-0.05, 0) is 37.3 Å². The molecular formula is C16H16Cl2N2O. The summed E-state index contributed by atoms with van der Waals surface area (Å²) < 4.78 is 0. The highest BCUT2D eigenvalue weighted by molar-refractivity contribution is 6.36. The Morgan fingerprint density at radius 2 is 1.86 bits per heavy atom. The Kier molecular flexibility index (Phi) is 5.48. The second kappa shape index (κ2) is 7.34. The van der Waals surface area contributed by atoms with E-state index >= 15 is 0 Å². The summed E-state index contributed by atoms with van der Waals surface area (Å²) in [5.41, 5.74) is 1.58. The standard InChI is InChI=1S/C16H16Cl2N2O/c1-2-20(13-6-4-3-5-7-13)11-16(21)19-15-9-8-12(17)10-14(15)18/h3-10H,2,11H2,1H3,(H,19,21). The first kappa shape index (κ1) is 15.7. The predicted octanol–water partition coefficient (Wildman–Crippen LogP) is 4.46. The molecule has 1 N–H and O–H groups in total. The zero-order chi connectivity index (χ0) is 15.2. The van der Waals surface area contributed by atoms with Crippen LogP contribution in [0.4, 0.5) is 11.4 Å². The number of amides is 1. The number of nitrogens with one attached hydrogen (secondary N) is 1. The van der Waals surface area contributed by atoms with Crippen LogP contribution in [0.25, 0.3) is 0 Å². The second-order valence-electron chi connectivity index (χ2n) is 4.52. The predicted molar refractivity (Wildman–Crippen MR) is 89.4 cm³/mol. The molecule has 0 aliphatic rings. The highest BCUT2D eigenvalue weighted by Crippen LogP contribution is 2.25. The molecule has 0 saturated carbocycles. The quantitative estimate of drug-likeness (QED) is 0.881. The molecule has 2 aromatic carbocycles. The molecule has 2 rings (SSSR count). The van der Waals surface area contributed by atoms with Crippen LogP contribution >= 0.6 is 23.2 Å². The SMILES string of the molecule is CCN(CC(=O)Nc1ccc(Cl)cc1Cl)c1ccccc1. The van der Waals surface area contributed by atoms with Gasteiger partial charge in [-0.1, -0.05) is 41.4 Å². The van der Waals surface area contributed by atoms with Crippen molar-refractivity contribution in [1.29, 1.82) is 0 Å². The van der Waals surface area contributed by atoms with E-state index in [0.717, 1.165) is 12.2 Å². The molecule has 2 aromatic rings. The number of nitrogens with zero attached hydrogens (tertiary/aromatic N) is 1. The Bertz CT molecular complexity index is 617. The molecule has 0 aromatic heterocycles. The van der Waals surface area contributed by atoms with Crippen molar-refractivity contribution in [3.05, 3.63) is 58.6 Å². The van der Waals surface area contributed by atoms with E-state index in [1.165, 1.54) is 0 Å². The molecule has 0 fully saturated rings. The lowest BCUT2D eigenvalue weighted by Gasteiger charge is -2.22. The molecule has 0 aliphatic carbocycles. The first-order valence-electron chi connectivity index (χ1n) is 6.65. The van der Waals surface area contributed by atoms with Gasteiger partial charge in [0.15, 0.2) is 0 Å². The van der Waals surface area contributed by atoms with Gasteiger partial charge in [0.2, 0.25) is 5.91 Å². The van der Waals surface area contributed by atoms with Crippen LogP contribution in [0.3, 0.4) is 0 Å². The molecule has 0 aliphatic heterocycles. The summed E-state index contributed by atoms with van der Waals surface area (Å²) in [6.07, 6.45) is 0. The van der Waals surface area contributed by atoms with E-state index in [2.05, 4.69) is 5.32 Å². The minimum Gasteiger partial charge on any atom is -0.362 e. The lowest BCUT2D eigenvalue weighted by Crippen LogP contribution is -2.33. The third-order valence-electron chi connectivity index (χ3n) is 3.04. The van der Waals surface area contributed by atoms with Crippen LogP contribution in [0.1, 0.15) is 6.92 Å². The van der Waals surface area contributed by atoms with Crippen molar-refractivity contribution < 1.29 is 4.79 Å². The van der Waals surface area contributed by atoms with Crippen molar-refractivity contribution >= 4 is 40.5 Å². The first-order valence-corrected chi connectivity index (χ1v) is 7.40. The van der Waals surface area contributed by atoms with Crippen molar-refractivity contribution in [3.63, 3.8) is 0 Å². The summed E-state index contributed by atoms with van der Waals surface area (Å²) in [6.45, 7) is 3.01. The van der Waals surface area contributed by atoms with Gasteiger partial charge in [0.1, 0.15) is 0 Å². The maximum atomic E-state index is 12.1. The minimum absolute atomic E-state index is 0.120. The molecule has 21 heavy (non-hydrogen) atoms. The number of para-hydroxylation sites is 1. The number of hydrogen-bond donors (Lipinski definition) is 1. The van der Waals surface area contributed by atoms with Gasteiger partial charge in [-0.25, -0.2) is 0 Å². The van der Waals surface area contributed by atoms with Crippen LogP contribution in [-0.4, -0.2) is 19.0 Å². The van der Waals surface area contributed by atoms with Crippen molar-refractivity contribution in [2.24, 2.45) is 0 Å². The summed E-state index contributed by atoms with van der Waals surface area (Å²) in [6, 6.07) is 14.8. The number of benzene rings is 2. The van der Waals surface area contributed by atoms with E-state index < -0.39 is 0 Å². The normalized spacial score (nSPS) is 10.2. The Morgan fingerprint density at radius 3 is 2.48 bits per heavy atom. The van der Waals surface area contributed by atoms with Gasteiger partial charge in [0.25, 0.3) is 0 Å². The van der Waals surface area contributed by atoms with Gasteiger partial charge in [-0.2, -0.15) is 0 Å². The fourth-order valence-corrected chi connectivity index (χ4v) is 2.43. The Hall–Kier alpha value is -1.71. The van der Waals surface area contributed by atoms with E-state index in [-0.39, 0.29) is 12.5 Å². The Labute approximate surface area is 134 Å². The summed E-state index contributed by atoms with van der Waals surface area (Å²) in [5, 5.41) is 3.77. The first-order chi connectivity index (χ1) is 10.1. The maximum Gasteiger partial charge on any atom is 0.243 e. The number of anilines is 2. The summed E-state index contributed by atoms with van der Waals surface area (Å²) in [4.78, 5) is 14.1. The molecule has 0 bridgehead atoms. The molecule has 0 heterocycles. The average molecular weight is 323 g/mol. The lowest BCUT2D eigenvalue weighted by atomic mass is 10.2. The molecule has 110 valence electrons. The molecular weight excluding hydrogens is 307 g/mol. The largest absolute Gasteiger partial charge is 0.362 e. The number of carbonyl (C=O) groups is 1. The van der Waals surface area contributed by atoms with E-state index in [9.17, 15) is 4.79 Å². The summed E-state index contributed by atoms with van der Waals surface area (Å²) >= 11 is 11.9. The minimum atomic E-state index is -0.120. The number of carbonyl (C=O) groups excluding carboxylic acids is 1. The third-order valence-corrected chi connectivity index (χ3v) is 3.59. The number of likely N-dealkylation sites (N-methyl/N-ethyl adjacent to an activating group) is 1. The zero-order valence-corrected chi connectivity index (χ0v) is 13.2. The maximum absolute atomic E-state index is 12.1. The molecule has 0 radical (unpaired) electrons. The van der Waals surface area contributed by atoms with Gasteiger partial charge < -0.3 is 10.2 Å². The highest BCUT2D eigenvalue weighted by Gasteiger charge is 2.11. The third kappa shape index (κ3) is 4.38. The lowest BCUT2D eigenvalue weighted by molar-refractivity contribution is -0.115. The molecule has 0 unspecified atom stereocenters. The number of hydrogen-bond acceptors (Lipinski definition) is 2. The monoisotopic (exact) mass is 322 g/mol. The number of halogens is 2. The van der Waals surface area contributed by atoms with Gasteiger partial charge in [-0.3, -0.25) is 4.79 Å². The molecule has 0 spiro atoms. The summed E-state index contributed by atoms with van der Waals surface area (Å²) in [7, 11) is 0. The fourth-order valence-electron chi connectivity index (χ4n) is 1.98. The smallest absolute Gasteiger partial charge is 0.243 e. The van der Waals surface area contributed by atoms with Gasteiger partial charge in [0, 0.05) is 17.3 Å². The van der Waals surface area contributed by atoms with Crippen molar-refractivity contribution in [2.75, 3.05) is 23.3 Å². The van der Waals surface area contributed by atoms with E-state index in [1.54, 1.807) is 18.2 Å². The fraction of sp³-hybridized carbons (Fsp3) is 0.188. The van der Waals surface area contributed by atoms with Crippen molar-refractivity contribution in [1.82, 2.24) is 0 Å². The zero-order valence-electron chi connectivity index (χ0n) is 11.6. The van der Waals surface area contributed by atoms with Crippen LogP contribution in [0, 0.1) is 0 Å². The van der Waals surface area contributed by atoms with Crippen LogP contribution < -0.4 is 10.2 Å². The van der Waals surface area contributed by atoms with Crippen molar-refractivity contribution in [3.8, 4) is 0 Å². The van der Waals surface area contributed by atoms with E-state index in [0.29, 0.717) is 15.7 Å². The van der Waals surface area contributed by atoms with Gasteiger partial charge in [0.05, 0.1) is 17.3 Å². The van der Waals surface area contributed by atoms with Gasteiger partial charge in [-0.15, -0.1) is 0 Å². The molecule has 5 heteroatoms. The summed E-state index contributed by atoms with van der Waals surface area (Å²) in [5.74, 6) is -0.120. The average Bonchev–Trinajstić information content (AvgIpc) is 2.48. The molecule has 1 amide bonds. The second-order valence-corrected chi connectivity index (χ2v) is 5.37. The molecule has 3 nitrogen and oxygen atoms in total. The topological polar surface area (TPSA) is 32.3 Å². The van der Waals surface area contributed by atoms with Crippen LogP contribution in [0.2, 0.25) is 10.0 Å². The van der Waals surface area contributed by atoms with E-state index in [1.807, 2.05) is 42.2 Å². The Morgan fingerprint density at radius 1 is 1.14 bits per heavy atom. The Balaban J connectivity index is 2.03. The number of rotatable bonds is 5. The van der Waals surface area contributed by atoms with Crippen LogP contribution in [-0.2, 0) is 4.79 Å². The molecule has 0 atom stereocenters. The van der Waals surface area contributed by atoms with E-state index in [4.69, 9.17) is 23.2 Å². The molecule has 0 saturated heterocycles. The van der Waals surface area contributed by atoms with Crippen LogP contribution in [0.15, 0.2) is 48.5 Å². The van der Waals surface area contributed by atoms with Gasteiger partial charge >= 0.3 is 0 Å². The van der Waals surface area contributed by atoms with Crippen LogP contribution in [0.5, 0.6) is 0 Å². The van der Waals surface area contributed by atoms with Crippen molar-refractivity contribution in [2.45, 2.75) is 6.92 Å². The highest BCUT2D eigenvalue weighted by atomic mass is 35.5.